The van der Waals surface area contributed by atoms with Crippen molar-refractivity contribution in [1.82, 2.24) is 0 Å². The van der Waals surface area contributed by atoms with Crippen molar-refractivity contribution < 1.29 is 24.6 Å². The topological polar surface area (TPSA) is 88.4 Å². The van der Waals surface area contributed by atoms with Gasteiger partial charge in [0.25, 0.3) is 0 Å². The van der Waals surface area contributed by atoms with E-state index in [9.17, 15) is 9.90 Å². The van der Waals surface area contributed by atoms with Crippen LogP contribution in [0.15, 0.2) is 40.8 Å². The van der Waals surface area contributed by atoms with Crippen molar-refractivity contribution in [3.8, 4) is 0 Å². The van der Waals surface area contributed by atoms with Crippen molar-refractivity contribution in [2.45, 2.75) is 31.0 Å². The SMILES string of the molecule is COC(=O)[C@@]1(O)C[C@@H](c2ccc(Cl)cc2)C2=C(O1)/C(=N\O)CC2. The molecule has 0 saturated heterocycles. The molecule has 0 aromatic heterocycles. The van der Waals surface area contributed by atoms with Crippen LogP contribution in [0, 0.1) is 0 Å². The van der Waals surface area contributed by atoms with Crippen molar-refractivity contribution in [1.29, 1.82) is 0 Å². The Hall–Kier alpha value is -2.05. The Labute approximate surface area is 138 Å². The molecule has 1 aliphatic carbocycles. The van der Waals surface area contributed by atoms with Gasteiger partial charge < -0.3 is 19.8 Å². The molecule has 7 heteroatoms. The van der Waals surface area contributed by atoms with Crippen LogP contribution in [0.3, 0.4) is 0 Å². The fraction of sp³-hybridized carbons (Fsp3) is 0.375. The predicted molar refractivity (Wildman–Crippen MR) is 82.3 cm³/mol. The molecule has 122 valence electrons. The highest BCUT2D eigenvalue weighted by Gasteiger charge is 2.50. The molecule has 1 heterocycles. The maximum Gasteiger partial charge on any atom is 0.379 e. The third kappa shape index (κ3) is 2.68. The van der Waals surface area contributed by atoms with E-state index in [1.165, 1.54) is 7.11 Å². The first kappa shape index (κ1) is 15.8. The van der Waals surface area contributed by atoms with Gasteiger partial charge in [0, 0.05) is 23.8 Å². The van der Waals surface area contributed by atoms with Crippen molar-refractivity contribution >= 4 is 23.3 Å². The van der Waals surface area contributed by atoms with Gasteiger partial charge in [-0.25, -0.2) is 4.79 Å². The highest BCUT2D eigenvalue weighted by atomic mass is 35.5. The molecule has 0 bridgehead atoms. The molecule has 0 amide bonds. The molecule has 0 spiro atoms. The van der Waals surface area contributed by atoms with Gasteiger partial charge in [0.1, 0.15) is 11.5 Å². The van der Waals surface area contributed by atoms with Crippen LogP contribution in [0.5, 0.6) is 0 Å². The van der Waals surface area contributed by atoms with Gasteiger partial charge in [-0.2, -0.15) is 0 Å². The monoisotopic (exact) mass is 337 g/mol. The number of methoxy groups -OCH3 is 1. The fourth-order valence-corrected chi connectivity index (χ4v) is 3.25. The molecule has 0 unspecified atom stereocenters. The van der Waals surface area contributed by atoms with Gasteiger partial charge in [-0.05, 0) is 29.7 Å². The Kier molecular flexibility index (Phi) is 4.04. The van der Waals surface area contributed by atoms with Gasteiger partial charge in [0.15, 0.2) is 0 Å². The lowest BCUT2D eigenvalue weighted by atomic mass is 9.83. The van der Waals surface area contributed by atoms with Gasteiger partial charge in [-0.15, -0.1) is 0 Å². The van der Waals surface area contributed by atoms with E-state index in [0.29, 0.717) is 23.6 Å². The molecule has 1 aromatic rings. The van der Waals surface area contributed by atoms with Crippen molar-refractivity contribution in [2.24, 2.45) is 5.16 Å². The summed E-state index contributed by atoms with van der Waals surface area (Å²) < 4.78 is 10.1. The number of carbonyl (C=O) groups is 1. The minimum atomic E-state index is -2.11. The largest absolute Gasteiger partial charge is 0.464 e. The second-order valence-electron chi connectivity index (χ2n) is 5.59. The minimum Gasteiger partial charge on any atom is -0.464 e. The molecular formula is C16H16ClNO5. The van der Waals surface area contributed by atoms with Gasteiger partial charge in [0.05, 0.1) is 7.11 Å². The number of nitrogens with zero attached hydrogens (tertiary/aromatic N) is 1. The lowest BCUT2D eigenvalue weighted by molar-refractivity contribution is -0.218. The minimum absolute atomic E-state index is 0.0266. The number of allylic oxidation sites excluding steroid dienone is 2. The van der Waals surface area contributed by atoms with Crippen LogP contribution in [0.2, 0.25) is 5.02 Å². The average Bonchev–Trinajstić information content (AvgIpc) is 2.96. The summed E-state index contributed by atoms with van der Waals surface area (Å²) in [5.74, 6) is -2.98. The summed E-state index contributed by atoms with van der Waals surface area (Å²) in [7, 11) is 1.18. The zero-order chi connectivity index (χ0) is 16.6. The van der Waals surface area contributed by atoms with Gasteiger partial charge >= 0.3 is 11.8 Å². The van der Waals surface area contributed by atoms with Crippen LogP contribution in [0.1, 0.15) is 30.7 Å². The number of oxime groups is 1. The maximum atomic E-state index is 12.0. The molecule has 2 aliphatic rings. The van der Waals surface area contributed by atoms with Gasteiger partial charge in [-0.1, -0.05) is 28.9 Å². The number of aliphatic hydroxyl groups is 1. The molecule has 0 radical (unpaired) electrons. The molecule has 23 heavy (non-hydrogen) atoms. The Balaban J connectivity index is 2.07. The Morgan fingerprint density at radius 2 is 2.09 bits per heavy atom. The Bertz CT molecular complexity index is 697. The standard InChI is InChI=1S/C16H16ClNO5/c1-22-15(19)16(20)8-12(9-2-4-10(17)5-3-9)11-6-7-13(18-21)14(11)23-16/h2-5,12,20-21H,6-8H2,1H3/b18-13-/t12-,16+/m0/s1. The van der Waals surface area contributed by atoms with E-state index in [-0.39, 0.29) is 18.1 Å². The summed E-state index contributed by atoms with van der Waals surface area (Å²) in [5, 5.41) is 23.5. The van der Waals surface area contributed by atoms with Crippen molar-refractivity contribution in [2.75, 3.05) is 7.11 Å². The summed E-state index contributed by atoms with van der Waals surface area (Å²) in [5.41, 5.74) is 2.11. The summed E-state index contributed by atoms with van der Waals surface area (Å²) >= 11 is 5.92. The predicted octanol–water partition coefficient (Wildman–Crippen LogP) is 2.58. The first-order chi connectivity index (χ1) is 11.0. The molecule has 0 saturated carbocycles. The summed E-state index contributed by atoms with van der Waals surface area (Å²) in [4.78, 5) is 12.0. The summed E-state index contributed by atoms with van der Waals surface area (Å²) in [6, 6.07) is 7.18. The van der Waals surface area contributed by atoms with Crippen molar-refractivity contribution in [3.05, 3.63) is 46.2 Å². The van der Waals surface area contributed by atoms with Crippen LogP contribution < -0.4 is 0 Å². The zero-order valence-electron chi connectivity index (χ0n) is 12.5. The molecule has 0 fully saturated rings. The molecule has 3 rings (SSSR count). The lowest BCUT2D eigenvalue weighted by Gasteiger charge is -2.36. The quantitative estimate of drug-likeness (QED) is 0.492. The van der Waals surface area contributed by atoms with Crippen molar-refractivity contribution in [3.63, 3.8) is 0 Å². The van der Waals surface area contributed by atoms with Crippen LogP contribution in [-0.4, -0.2) is 34.9 Å². The molecule has 1 aromatic carbocycles. The second-order valence-corrected chi connectivity index (χ2v) is 6.02. The smallest absolute Gasteiger partial charge is 0.379 e. The van der Waals surface area contributed by atoms with E-state index in [0.717, 1.165) is 11.1 Å². The second kappa shape index (κ2) is 5.86. The van der Waals surface area contributed by atoms with Crippen LogP contribution >= 0.6 is 11.6 Å². The molecule has 2 atom stereocenters. The van der Waals surface area contributed by atoms with E-state index in [1.807, 2.05) is 12.1 Å². The Morgan fingerprint density at radius 3 is 2.70 bits per heavy atom. The number of rotatable bonds is 2. The zero-order valence-corrected chi connectivity index (χ0v) is 13.2. The maximum absolute atomic E-state index is 12.0. The molecule has 2 N–H and O–H groups in total. The number of esters is 1. The number of halogens is 1. The molecule has 6 nitrogen and oxygen atoms in total. The highest BCUT2D eigenvalue weighted by molar-refractivity contribution is 6.30. The van der Waals surface area contributed by atoms with E-state index in [1.54, 1.807) is 12.1 Å². The lowest BCUT2D eigenvalue weighted by Crippen LogP contribution is -2.46. The number of carbonyl (C=O) groups excluding carboxylic acids is 1. The first-order valence-electron chi connectivity index (χ1n) is 7.18. The van der Waals surface area contributed by atoms with Crippen LogP contribution in [-0.2, 0) is 14.3 Å². The van der Waals surface area contributed by atoms with E-state index in [2.05, 4.69) is 9.89 Å². The van der Waals surface area contributed by atoms with Crippen LogP contribution in [0.25, 0.3) is 0 Å². The summed E-state index contributed by atoms with van der Waals surface area (Å²) in [6.07, 6.45) is 1.15. The number of hydrogen-bond donors (Lipinski definition) is 2. The fourth-order valence-electron chi connectivity index (χ4n) is 3.13. The normalized spacial score (nSPS) is 28.5. The van der Waals surface area contributed by atoms with E-state index in [4.69, 9.17) is 21.5 Å². The van der Waals surface area contributed by atoms with Gasteiger partial charge in [0.2, 0.25) is 0 Å². The van der Waals surface area contributed by atoms with Crippen LogP contribution in [0.4, 0.5) is 0 Å². The molecule has 1 aliphatic heterocycles. The first-order valence-corrected chi connectivity index (χ1v) is 7.56. The van der Waals surface area contributed by atoms with E-state index < -0.39 is 11.8 Å². The summed E-state index contributed by atoms with van der Waals surface area (Å²) in [6.45, 7) is 0. The average molecular weight is 338 g/mol. The third-order valence-corrected chi connectivity index (χ3v) is 4.51. The molecular weight excluding hydrogens is 322 g/mol. The highest BCUT2D eigenvalue weighted by Crippen LogP contribution is 2.47. The number of benzene rings is 1. The number of ether oxygens (including phenoxy) is 2. The third-order valence-electron chi connectivity index (χ3n) is 4.25. The van der Waals surface area contributed by atoms with Gasteiger partial charge in [-0.3, -0.25) is 0 Å². The van der Waals surface area contributed by atoms with E-state index >= 15 is 0 Å². The number of hydrogen-bond acceptors (Lipinski definition) is 6. The Morgan fingerprint density at radius 1 is 1.39 bits per heavy atom.